The van der Waals surface area contributed by atoms with Crippen LogP contribution in [0.2, 0.25) is 0 Å². The van der Waals surface area contributed by atoms with E-state index in [1.165, 1.54) is 0 Å². The lowest BCUT2D eigenvalue weighted by atomic mass is 10.2. The normalized spacial score (nSPS) is 17.7. The molecule has 0 unspecified atom stereocenters. The molecule has 1 amide bonds. The predicted molar refractivity (Wildman–Crippen MR) is 115 cm³/mol. The molecule has 8 nitrogen and oxygen atoms in total. The Bertz CT molecular complexity index is 1070. The van der Waals surface area contributed by atoms with Gasteiger partial charge >= 0.3 is 0 Å². The molecule has 162 valence electrons. The van der Waals surface area contributed by atoms with Gasteiger partial charge in [-0.05, 0) is 51.3 Å². The zero-order chi connectivity index (χ0) is 21.4. The number of carbonyl (C=O) groups excluding carboxylic acids is 1. The Hall–Kier alpha value is -3.00. The topological polar surface area (TPSA) is 80.3 Å². The molecule has 3 aromatic rings. The molecule has 8 heteroatoms. The van der Waals surface area contributed by atoms with Gasteiger partial charge in [-0.25, -0.2) is 4.98 Å². The molecule has 1 aliphatic heterocycles. The summed E-state index contributed by atoms with van der Waals surface area (Å²) in [6.07, 6.45) is 5.02. The van der Waals surface area contributed by atoms with Crippen LogP contribution in [0.1, 0.15) is 58.6 Å². The van der Waals surface area contributed by atoms with Crippen LogP contribution in [0.15, 0.2) is 35.0 Å². The van der Waals surface area contributed by atoms with Crippen LogP contribution in [0.3, 0.4) is 0 Å². The van der Waals surface area contributed by atoms with Crippen LogP contribution in [0.4, 0.5) is 0 Å². The van der Waals surface area contributed by atoms with Crippen molar-refractivity contribution in [1.82, 2.24) is 29.5 Å². The minimum Gasteiger partial charge on any atom is -0.339 e. The first-order chi connectivity index (χ1) is 15.1. The molecule has 1 aliphatic carbocycles. The zero-order valence-corrected chi connectivity index (χ0v) is 18.1. The summed E-state index contributed by atoms with van der Waals surface area (Å²) in [6.45, 7) is 7.85. The van der Waals surface area contributed by atoms with Crippen LogP contribution in [0.5, 0.6) is 0 Å². The van der Waals surface area contributed by atoms with Crippen LogP contribution in [-0.2, 0) is 6.54 Å². The number of hydrogen-bond donors (Lipinski definition) is 0. The molecule has 1 saturated heterocycles. The lowest BCUT2D eigenvalue weighted by molar-refractivity contribution is 0.0760. The molecule has 0 aromatic carbocycles. The summed E-state index contributed by atoms with van der Waals surface area (Å²) in [5.74, 6) is 2.94. The summed E-state index contributed by atoms with van der Waals surface area (Å²) in [5.41, 5.74) is 2.70. The maximum atomic E-state index is 13.4. The molecule has 2 fully saturated rings. The predicted octanol–water partition coefficient (Wildman–Crippen LogP) is 3.10. The number of rotatable bonds is 5. The van der Waals surface area contributed by atoms with E-state index in [-0.39, 0.29) is 5.91 Å². The van der Waals surface area contributed by atoms with Gasteiger partial charge in [-0.2, -0.15) is 4.98 Å². The molecule has 1 saturated carbocycles. The third kappa shape index (κ3) is 4.12. The Kier molecular flexibility index (Phi) is 5.31. The number of pyridine rings is 1. The zero-order valence-electron chi connectivity index (χ0n) is 18.1. The van der Waals surface area contributed by atoms with Crippen molar-refractivity contribution in [2.24, 2.45) is 0 Å². The van der Waals surface area contributed by atoms with Crippen molar-refractivity contribution in [3.8, 4) is 5.82 Å². The van der Waals surface area contributed by atoms with Gasteiger partial charge in [0.1, 0.15) is 5.82 Å². The summed E-state index contributed by atoms with van der Waals surface area (Å²) < 4.78 is 7.43. The monoisotopic (exact) mass is 420 g/mol. The maximum absolute atomic E-state index is 13.4. The number of aryl methyl sites for hydroxylation is 1. The van der Waals surface area contributed by atoms with E-state index < -0.39 is 0 Å². The Morgan fingerprint density at radius 2 is 2.03 bits per heavy atom. The molecule has 0 bridgehead atoms. The molecular weight excluding hydrogens is 392 g/mol. The summed E-state index contributed by atoms with van der Waals surface area (Å²) in [6, 6.07) is 7.80. The quantitative estimate of drug-likeness (QED) is 0.631. The van der Waals surface area contributed by atoms with Crippen molar-refractivity contribution >= 4 is 5.91 Å². The SMILES string of the molecule is Cc1cc(C(=O)N2CCCN(Cc3noc(C4CC4)n3)CC2)c(C)n1-c1ccccn1. The Morgan fingerprint density at radius 1 is 1.16 bits per heavy atom. The number of carbonyl (C=O) groups is 1. The first kappa shape index (κ1) is 19.9. The summed E-state index contributed by atoms with van der Waals surface area (Å²) in [7, 11) is 0. The van der Waals surface area contributed by atoms with Crippen LogP contribution in [0, 0.1) is 13.8 Å². The van der Waals surface area contributed by atoms with Gasteiger partial charge in [0.2, 0.25) is 5.89 Å². The molecule has 0 atom stereocenters. The molecular formula is C23H28N6O2. The van der Waals surface area contributed by atoms with Gasteiger partial charge < -0.3 is 14.0 Å². The first-order valence-electron chi connectivity index (χ1n) is 11.0. The van der Waals surface area contributed by atoms with Crippen LogP contribution >= 0.6 is 0 Å². The average Bonchev–Trinajstić information content (AvgIpc) is 3.50. The second-order valence-corrected chi connectivity index (χ2v) is 8.55. The lowest BCUT2D eigenvalue weighted by Gasteiger charge is -2.21. The lowest BCUT2D eigenvalue weighted by Crippen LogP contribution is -2.35. The number of aromatic nitrogens is 4. The largest absolute Gasteiger partial charge is 0.339 e. The number of amides is 1. The minimum absolute atomic E-state index is 0.0905. The van der Waals surface area contributed by atoms with Gasteiger partial charge in [-0.1, -0.05) is 11.2 Å². The molecule has 0 spiro atoms. The van der Waals surface area contributed by atoms with Gasteiger partial charge in [0, 0.05) is 49.7 Å². The fourth-order valence-corrected chi connectivity index (χ4v) is 4.35. The van der Waals surface area contributed by atoms with Crippen molar-refractivity contribution in [2.75, 3.05) is 26.2 Å². The van der Waals surface area contributed by atoms with Gasteiger partial charge in [-0.3, -0.25) is 9.69 Å². The fraction of sp³-hybridized carbons (Fsp3) is 0.478. The summed E-state index contributed by atoms with van der Waals surface area (Å²) >= 11 is 0. The molecule has 3 aromatic heterocycles. The smallest absolute Gasteiger partial charge is 0.255 e. The molecule has 2 aliphatic rings. The van der Waals surface area contributed by atoms with E-state index in [0.717, 1.165) is 73.4 Å². The van der Waals surface area contributed by atoms with E-state index in [4.69, 9.17) is 4.52 Å². The van der Waals surface area contributed by atoms with E-state index >= 15 is 0 Å². The second kappa shape index (κ2) is 8.26. The van der Waals surface area contributed by atoms with Crippen molar-refractivity contribution in [2.45, 2.75) is 45.6 Å². The third-order valence-electron chi connectivity index (χ3n) is 6.19. The van der Waals surface area contributed by atoms with E-state index in [1.54, 1.807) is 6.20 Å². The molecule has 0 N–H and O–H groups in total. The highest BCUT2D eigenvalue weighted by Gasteiger charge is 2.30. The van der Waals surface area contributed by atoms with E-state index in [9.17, 15) is 4.79 Å². The average molecular weight is 421 g/mol. The highest BCUT2D eigenvalue weighted by atomic mass is 16.5. The van der Waals surface area contributed by atoms with Gasteiger partial charge in [0.25, 0.3) is 5.91 Å². The van der Waals surface area contributed by atoms with Crippen LogP contribution in [-0.4, -0.2) is 61.6 Å². The molecule has 31 heavy (non-hydrogen) atoms. The number of hydrogen-bond acceptors (Lipinski definition) is 6. The van der Waals surface area contributed by atoms with E-state index in [0.29, 0.717) is 19.0 Å². The maximum Gasteiger partial charge on any atom is 0.255 e. The van der Waals surface area contributed by atoms with Crippen LogP contribution < -0.4 is 0 Å². The minimum atomic E-state index is 0.0905. The van der Waals surface area contributed by atoms with E-state index in [1.807, 2.05) is 47.6 Å². The van der Waals surface area contributed by atoms with Gasteiger partial charge in [-0.15, -0.1) is 0 Å². The van der Waals surface area contributed by atoms with Crippen molar-refractivity contribution in [3.05, 3.63) is 59.1 Å². The fourth-order valence-electron chi connectivity index (χ4n) is 4.35. The molecule has 0 radical (unpaired) electrons. The third-order valence-corrected chi connectivity index (χ3v) is 6.19. The highest BCUT2D eigenvalue weighted by Crippen LogP contribution is 2.38. The standard InChI is InChI=1S/C23H28N6O2/c1-16-14-19(17(2)29(16)21-6-3-4-9-24-21)23(30)28-11-5-10-27(12-13-28)15-20-25-22(31-26-20)18-7-8-18/h3-4,6,9,14,18H,5,7-8,10-13,15H2,1-2H3. The first-order valence-corrected chi connectivity index (χ1v) is 11.0. The van der Waals surface area contributed by atoms with Gasteiger partial charge in [0.15, 0.2) is 5.82 Å². The Balaban J connectivity index is 1.26. The molecule has 5 rings (SSSR count). The number of nitrogens with zero attached hydrogens (tertiary/aromatic N) is 6. The van der Waals surface area contributed by atoms with Gasteiger partial charge in [0.05, 0.1) is 12.1 Å². The highest BCUT2D eigenvalue weighted by molar-refractivity contribution is 5.96. The summed E-state index contributed by atoms with van der Waals surface area (Å²) in [4.78, 5) is 26.6. The molecule has 4 heterocycles. The van der Waals surface area contributed by atoms with Crippen molar-refractivity contribution in [1.29, 1.82) is 0 Å². The van der Waals surface area contributed by atoms with E-state index in [2.05, 4.69) is 20.0 Å². The second-order valence-electron chi connectivity index (χ2n) is 8.55. The van der Waals surface area contributed by atoms with Crippen LogP contribution in [0.25, 0.3) is 5.82 Å². The summed E-state index contributed by atoms with van der Waals surface area (Å²) in [5, 5.41) is 4.14. The van der Waals surface area contributed by atoms with Crippen molar-refractivity contribution in [3.63, 3.8) is 0 Å². The van der Waals surface area contributed by atoms with Crippen molar-refractivity contribution < 1.29 is 9.32 Å². The Morgan fingerprint density at radius 3 is 2.81 bits per heavy atom. The Labute approximate surface area is 181 Å².